The second kappa shape index (κ2) is 7.11. The van der Waals surface area contributed by atoms with Gasteiger partial charge in [0.2, 0.25) is 0 Å². The molecule has 0 heterocycles. The van der Waals surface area contributed by atoms with Crippen molar-refractivity contribution in [3.05, 3.63) is 60.8 Å². The van der Waals surface area contributed by atoms with E-state index < -0.39 is 0 Å². The molecule has 1 atom stereocenters. The van der Waals surface area contributed by atoms with Crippen molar-refractivity contribution in [1.82, 2.24) is 0 Å². The van der Waals surface area contributed by atoms with Crippen LogP contribution in [0.15, 0.2) is 60.8 Å². The van der Waals surface area contributed by atoms with Crippen LogP contribution in [0.1, 0.15) is 39.0 Å². The average molecular weight is 228 g/mol. The molecule has 0 bridgehead atoms. The van der Waals surface area contributed by atoms with Crippen LogP contribution in [0.2, 0.25) is 0 Å². The zero-order valence-corrected chi connectivity index (χ0v) is 11.0. The molecule has 0 radical (unpaired) electrons. The Morgan fingerprint density at radius 3 is 2.76 bits per heavy atom. The fourth-order valence-corrected chi connectivity index (χ4v) is 2.24. The predicted molar refractivity (Wildman–Crippen MR) is 77.9 cm³/mol. The molecule has 0 heteroatoms. The van der Waals surface area contributed by atoms with Crippen molar-refractivity contribution in [2.45, 2.75) is 39.0 Å². The lowest BCUT2D eigenvalue weighted by atomic mass is 9.79. The van der Waals surface area contributed by atoms with Gasteiger partial charge in [-0.05, 0) is 44.9 Å². The molecule has 0 aromatic carbocycles. The summed E-state index contributed by atoms with van der Waals surface area (Å²) in [6.07, 6.45) is 13.8. The minimum absolute atomic E-state index is 0.628. The molecule has 0 saturated heterocycles. The number of allylic oxidation sites excluding steroid dienone is 7. The smallest absolute Gasteiger partial charge is 0.0111 e. The van der Waals surface area contributed by atoms with Crippen LogP contribution < -0.4 is 0 Å². The Balaban J connectivity index is 2.36. The highest BCUT2D eigenvalue weighted by Gasteiger charge is 2.19. The third-order valence-corrected chi connectivity index (χ3v) is 3.28. The lowest BCUT2D eigenvalue weighted by molar-refractivity contribution is 0.505. The highest BCUT2D eigenvalue weighted by Crippen LogP contribution is 2.35. The molecule has 1 rings (SSSR count). The Labute approximate surface area is 106 Å². The summed E-state index contributed by atoms with van der Waals surface area (Å²) in [6.45, 7) is 14.4. The van der Waals surface area contributed by atoms with Gasteiger partial charge in [-0.1, -0.05) is 60.8 Å². The summed E-state index contributed by atoms with van der Waals surface area (Å²) in [7, 11) is 0. The quantitative estimate of drug-likeness (QED) is 0.438. The number of rotatable bonds is 5. The highest BCUT2D eigenvalue weighted by atomic mass is 14.2. The van der Waals surface area contributed by atoms with E-state index in [1.807, 2.05) is 13.0 Å². The van der Waals surface area contributed by atoms with Crippen LogP contribution in [-0.2, 0) is 0 Å². The Hall–Kier alpha value is -1.30. The van der Waals surface area contributed by atoms with Crippen molar-refractivity contribution in [3.8, 4) is 0 Å². The van der Waals surface area contributed by atoms with Gasteiger partial charge in [0, 0.05) is 0 Å². The van der Waals surface area contributed by atoms with E-state index >= 15 is 0 Å². The summed E-state index contributed by atoms with van der Waals surface area (Å²) in [5, 5.41) is 0. The highest BCUT2D eigenvalue weighted by molar-refractivity contribution is 5.20. The van der Waals surface area contributed by atoms with Crippen LogP contribution >= 0.6 is 0 Å². The molecule has 0 aromatic rings. The van der Waals surface area contributed by atoms with Crippen molar-refractivity contribution in [1.29, 1.82) is 0 Å². The molecule has 0 aromatic heterocycles. The molecule has 0 spiro atoms. The van der Waals surface area contributed by atoms with Crippen LogP contribution in [0, 0.1) is 5.92 Å². The van der Waals surface area contributed by atoms with Gasteiger partial charge in [-0.3, -0.25) is 0 Å². The van der Waals surface area contributed by atoms with Gasteiger partial charge in [0.05, 0.1) is 0 Å². The molecule has 1 saturated carbocycles. The van der Waals surface area contributed by atoms with Gasteiger partial charge < -0.3 is 0 Å². The summed E-state index contributed by atoms with van der Waals surface area (Å²) in [5.74, 6) is 0.628. The van der Waals surface area contributed by atoms with Gasteiger partial charge in [0.1, 0.15) is 0 Å². The summed E-state index contributed by atoms with van der Waals surface area (Å²) in [6, 6.07) is 0. The molecular weight excluding hydrogens is 204 g/mol. The topological polar surface area (TPSA) is 0 Å². The average Bonchev–Trinajstić information content (AvgIpc) is 2.28. The first-order valence-electron chi connectivity index (χ1n) is 6.42. The van der Waals surface area contributed by atoms with Crippen molar-refractivity contribution in [3.63, 3.8) is 0 Å². The summed E-state index contributed by atoms with van der Waals surface area (Å²) < 4.78 is 0. The van der Waals surface area contributed by atoms with Crippen molar-refractivity contribution < 1.29 is 0 Å². The predicted octanol–water partition coefficient (Wildman–Crippen LogP) is 5.37. The van der Waals surface area contributed by atoms with Crippen LogP contribution in [0.5, 0.6) is 0 Å². The standard InChI is InChI=1S/C17H24/c1-5-6-7-8-9-14(2)13-17-11-10-15(3)12-16(17)4/h5-8,17H,2-4,9-13H2,1H3/b6-5+,8-7-. The normalized spacial score (nSPS) is 21.6. The third-order valence-electron chi connectivity index (χ3n) is 3.28. The first-order valence-corrected chi connectivity index (χ1v) is 6.42. The van der Waals surface area contributed by atoms with E-state index in [2.05, 4.69) is 38.0 Å². The zero-order chi connectivity index (χ0) is 12.7. The molecular formula is C17H24. The van der Waals surface area contributed by atoms with Crippen LogP contribution in [-0.4, -0.2) is 0 Å². The summed E-state index contributed by atoms with van der Waals surface area (Å²) in [4.78, 5) is 0. The molecule has 17 heavy (non-hydrogen) atoms. The van der Waals surface area contributed by atoms with Crippen LogP contribution in [0.4, 0.5) is 0 Å². The van der Waals surface area contributed by atoms with Crippen molar-refractivity contribution >= 4 is 0 Å². The van der Waals surface area contributed by atoms with Crippen molar-refractivity contribution in [2.75, 3.05) is 0 Å². The minimum Gasteiger partial charge on any atom is -0.0995 e. The fraction of sp³-hybridized carbons (Fsp3) is 0.412. The van der Waals surface area contributed by atoms with Gasteiger partial charge >= 0.3 is 0 Å². The van der Waals surface area contributed by atoms with E-state index in [1.165, 1.54) is 23.1 Å². The Morgan fingerprint density at radius 2 is 2.12 bits per heavy atom. The molecule has 0 nitrogen and oxygen atoms in total. The van der Waals surface area contributed by atoms with E-state index in [4.69, 9.17) is 0 Å². The molecule has 0 N–H and O–H groups in total. The maximum absolute atomic E-state index is 4.18. The van der Waals surface area contributed by atoms with Gasteiger partial charge in [-0.15, -0.1) is 0 Å². The molecule has 0 aliphatic heterocycles. The van der Waals surface area contributed by atoms with Gasteiger partial charge in [0.25, 0.3) is 0 Å². The maximum Gasteiger partial charge on any atom is -0.0111 e. The molecule has 1 aliphatic rings. The maximum atomic E-state index is 4.18. The minimum atomic E-state index is 0.628. The molecule has 92 valence electrons. The van der Waals surface area contributed by atoms with E-state index in [0.29, 0.717) is 5.92 Å². The number of hydrogen-bond donors (Lipinski definition) is 0. The molecule has 1 aliphatic carbocycles. The Kier molecular flexibility index (Phi) is 5.76. The third kappa shape index (κ3) is 5.04. The van der Waals surface area contributed by atoms with E-state index in [0.717, 1.165) is 25.7 Å². The van der Waals surface area contributed by atoms with Gasteiger partial charge in [-0.25, -0.2) is 0 Å². The second-order valence-corrected chi connectivity index (χ2v) is 4.93. The first kappa shape index (κ1) is 13.8. The van der Waals surface area contributed by atoms with Gasteiger partial charge in [0.15, 0.2) is 0 Å². The zero-order valence-electron chi connectivity index (χ0n) is 11.0. The largest absolute Gasteiger partial charge is 0.0995 e. The lowest BCUT2D eigenvalue weighted by Crippen LogP contribution is -2.11. The molecule has 0 amide bonds. The fourth-order valence-electron chi connectivity index (χ4n) is 2.24. The summed E-state index contributed by atoms with van der Waals surface area (Å²) >= 11 is 0. The second-order valence-electron chi connectivity index (χ2n) is 4.93. The van der Waals surface area contributed by atoms with Crippen molar-refractivity contribution in [2.24, 2.45) is 5.92 Å². The Morgan fingerprint density at radius 1 is 1.35 bits per heavy atom. The first-order chi connectivity index (χ1) is 8.13. The van der Waals surface area contributed by atoms with Gasteiger partial charge in [-0.2, -0.15) is 0 Å². The van der Waals surface area contributed by atoms with E-state index in [9.17, 15) is 0 Å². The lowest BCUT2D eigenvalue weighted by Gasteiger charge is -2.26. The molecule has 1 unspecified atom stereocenters. The van der Waals surface area contributed by atoms with E-state index in [-0.39, 0.29) is 0 Å². The summed E-state index contributed by atoms with van der Waals surface area (Å²) in [5.41, 5.74) is 3.99. The monoisotopic (exact) mass is 228 g/mol. The van der Waals surface area contributed by atoms with E-state index in [1.54, 1.807) is 0 Å². The number of hydrogen-bond acceptors (Lipinski definition) is 0. The SMILES string of the molecule is C=C1CCC(CC(=C)C/C=C\C=C\C)C(=C)C1. The van der Waals surface area contributed by atoms with Crippen LogP contribution in [0.25, 0.3) is 0 Å². The van der Waals surface area contributed by atoms with Crippen LogP contribution in [0.3, 0.4) is 0 Å². The Bertz CT molecular complexity index is 352. The molecule has 1 fully saturated rings.